The Morgan fingerprint density at radius 3 is 2.90 bits per heavy atom. The van der Waals surface area contributed by atoms with Gasteiger partial charge < -0.3 is 15.0 Å². The molecule has 1 aromatic carbocycles. The van der Waals surface area contributed by atoms with Crippen molar-refractivity contribution in [3.05, 3.63) is 84.7 Å². The first kappa shape index (κ1) is 17.2. The van der Waals surface area contributed by atoms with Crippen LogP contribution < -0.4 is 10.1 Å². The molecule has 144 valence electrons. The third kappa shape index (κ3) is 3.50. The molecule has 0 bridgehead atoms. The summed E-state index contributed by atoms with van der Waals surface area (Å²) >= 11 is 0. The number of ether oxygens (including phenoxy) is 1. The summed E-state index contributed by atoms with van der Waals surface area (Å²) in [6, 6.07) is 13.9. The van der Waals surface area contributed by atoms with E-state index in [1.165, 1.54) is 0 Å². The van der Waals surface area contributed by atoms with Crippen LogP contribution in [-0.4, -0.2) is 30.6 Å². The van der Waals surface area contributed by atoms with E-state index < -0.39 is 0 Å². The van der Waals surface area contributed by atoms with Gasteiger partial charge >= 0.3 is 0 Å². The van der Waals surface area contributed by atoms with Gasteiger partial charge in [-0.15, -0.1) is 0 Å². The average Bonchev–Trinajstić information content (AvgIpc) is 3.39. The van der Waals surface area contributed by atoms with Crippen LogP contribution in [0.3, 0.4) is 0 Å². The number of H-pyrrole nitrogens is 1. The molecule has 0 saturated carbocycles. The number of fused-ring (bicyclic) bond motifs is 1. The highest BCUT2D eigenvalue weighted by atomic mass is 16.5. The van der Waals surface area contributed by atoms with Crippen LogP contribution in [0.5, 0.6) is 5.75 Å². The van der Waals surface area contributed by atoms with Gasteiger partial charge in [0.05, 0.1) is 17.1 Å². The van der Waals surface area contributed by atoms with E-state index in [0.29, 0.717) is 6.61 Å². The van der Waals surface area contributed by atoms with Crippen LogP contribution in [0.1, 0.15) is 18.4 Å². The summed E-state index contributed by atoms with van der Waals surface area (Å²) in [6.07, 6.45) is 9.70. The van der Waals surface area contributed by atoms with Crippen LogP contribution >= 0.6 is 0 Å². The third-order valence-electron chi connectivity index (χ3n) is 4.73. The highest BCUT2D eigenvalue weighted by Crippen LogP contribution is 2.28. The summed E-state index contributed by atoms with van der Waals surface area (Å²) in [6.45, 7) is 2.46. The lowest BCUT2D eigenvalue weighted by Crippen LogP contribution is -2.24. The molecule has 7 heteroatoms. The van der Waals surface area contributed by atoms with Crippen LogP contribution in [-0.2, 0) is 6.61 Å². The van der Waals surface area contributed by atoms with Crippen LogP contribution in [0.15, 0.2) is 73.2 Å². The monoisotopic (exact) mass is 384 g/mol. The molecule has 5 rings (SSSR count). The zero-order valence-electron chi connectivity index (χ0n) is 15.9. The van der Waals surface area contributed by atoms with Crippen LogP contribution in [0, 0.1) is 0 Å². The number of benzene rings is 1. The van der Waals surface area contributed by atoms with E-state index in [4.69, 9.17) is 9.72 Å². The van der Waals surface area contributed by atoms with Crippen molar-refractivity contribution in [2.45, 2.75) is 19.6 Å². The number of rotatable bonds is 5. The van der Waals surface area contributed by atoms with Crippen LogP contribution in [0.2, 0.25) is 0 Å². The van der Waals surface area contributed by atoms with Crippen molar-refractivity contribution in [2.75, 3.05) is 0 Å². The normalized spacial score (nSPS) is 15.9. The second-order valence-corrected chi connectivity index (χ2v) is 6.89. The van der Waals surface area contributed by atoms with E-state index in [9.17, 15) is 0 Å². The molecule has 4 aromatic rings. The Hall–Kier alpha value is -3.87. The number of pyridine rings is 1. The van der Waals surface area contributed by atoms with Gasteiger partial charge in [0.1, 0.15) is 24.5 Å². The molecule has 3 aromatic heterocycles. The fourth-order valence-corrected chi connectivity index (χ4v) is 3.34. The number of dihydropyridines is 1. The average molecular weight is 384 g/mol. The van der Waals surface area contributed by atoms with E-state index in [0.717, 1.165) is 39.9 Å². The Labute approximate surface area is 167 Å². The number of nitrogens with one attached hydrogen (secondary N) is 2. The maximum Gasteiger partial charge on any atom is 0.155 e. The van der Waals surface area contributed by atoms with Gasteiger partial charge in [-0.25, -0.2) is 14.5 Å². The molecule has 2 N–H and O–H groups in total. The number of hydrogen-bond donors (Lipinski definition) is 2. The number of para-hydroxylation sites is 1. The second-order valence-electron chi connectivity index (χ2n) is 6.89. The molecule has 4 heterocycles. The van der Waals surface area contributed by atoms with Crippen molar-refractivity contribution in [1.29, 1.82) is 0 Å². The van der Waals surface area contributed by atoms with Gasteiger partial charge in [0.15, 0.2) is 5.65 Å². The van der Waals surface area contributed by atoms with Crippen molar-refractivity contribution < 1.29 is 4.74 Å². The predicted molar refractivity (Wildman–Crippen MR) is 111 cm³/mol. The topological polar surface area (TPSA) is 80.1 Å². The Morgan fingerprint density at radius 1 is 1.14 bits per heavy atom. The molecule has 0 fully saturated rings. The van der Waals surface area contributed by atoms with Crippen LogP contribution in [0.4, 0.5) is 0 Å². The molecule has 0 spiro atoms. The lowest BCUT2D eigenvalue weighted by Gasteiger charge is -2.18. The van der Waals surface area contributed by atoms with Gasteiger partial charge in [0.25, 0.3) is 0 Å². The number of nitrogens with zero attached hydrogens (tertiary/aromatic N) is 4. The first-order valence-corrected chi connectivity index (χ1v) is 9.48. The largest absolute Gasteiger partial charge is 0.486 e. The highest BCUT2D eigenvalue weighted by molar-refractivity contribution is 5.78. The molecule has 0 saturated heterocycles. The smallest absolute Gasteiger partial charge is 0.155 e. The highest BCUT2D eigenvalue weighted by Gasteiger charge is 2.19. The van der Waals surface area contributed by atoms with E-state index in [1.807, 2.05) is 54.7 Å². The summed E-state index contributed by atoms with van der Waals surface area (Å²) in [5.74, 6) is 1.56. The Kier molecular flexibility index (Phi) is 4.32. The van der Waals surface area contributed by atoms with Crippen LogP contribution in [0.25, 0.3) is 22.6 Å². The number of allylic oxidation sites excluding steroid dienone is 2. The molecule has 1 atom stereocenters. The molecule has 29 heavy (non-hydrogen) atoms. The summed E-state index contributed by atoms with van der Waals surface area (Å²) in [5, 5.41) is 7.73. The van der Waals surface area contributed by atoms with Crippen molar-refractivity contribution in [1.82, 2.24) is 29.9 Å². The molecule has 1 aliphatic heterocycles. The molecule has 1 unspecified atom stereocenters. The number of imidazole rings is 1. The maximum absolute atomic E-state index is 5.89. The molecule has 0 aliphatic carbocycles. The molecular formula is C22H20N6O. The van der Waals surface area contributed by atoms with Crippen molar-refractivity contribution in [3.8, 4) is 17.0 Å². The summed E-state index contributed by atoms with van der Waals surface area (Å²) in [7, 11) is 0. The zero-order chi connectivity index (χ0) is 19.6. The molecule has 0 amide bonds. The maximum atomic E-state index is 5.89. The molecular weight excluding hydrogens is 364 g/mol. The van der Waals surface area contributed by atoms with E-state index >= 15 is 0 Å². The summed E-state index contributed by atoms with van der Waals surface area (Å²) in [5.41, 5.74) is 4.50. The van der Waals surface area contributed by atoms with Gasteiger partial charge in [-0.3, -0.25) is 0 Å². The number of aromatic amines is 1. The minimum Gasteiger partial charge on any atom is -0.486 e. The lowest BCUT2D eigenvalue weighted by molar-refractivity contribution is 0.297. The first-order valence-electron chi connectivity index (χ1n) is 9.48. The molecule has 7 nitrogen and oxygen atoms in total. The van der Waals surface area contributed by atoms with Crippen molar-refractivity contribution in [3.63, 3.8) is 0 Å². The van der Waals surface area contributed by atoms with Crippen molar-refractivity contribution >= 4 is 11.3 Å². The van der Waals surface area contributed by atoms with Gasteiger partial charge in [0, 0.05) is 17.8 Å². The summed E-state index contributed by atoms with van der Waals surface area (Å²) < 4.78 is 7.64. The quantitative estimate of drug-likeness (QED) is 0.550. The fourth-order valence-electron chi connectivity index (χ4n) is 3.34. The molecule has 1 aliphatic rings. The fraction of sp³-hybridized carbons (Fsp3) is 0.136. The Morgan fingerprint density at radius 2 is 2.03 bits per heavy atom. The third-order valence-corrected chi connectivity index (χ3v) is 4.73. The Balaban J connectivity index is 1.53. The van der Waals surface area contributed by atoms with Gasteiger partial charge in [-0.2, -0.15) is 5.10 Å². The van der Waals surface area contributed by atoms with E-state index in [1.54, 1.807) is 10.8 Å². The van der Waals surface area contributed by atoms with E-state index in [2.05, 4.69) is 39.5 Å². The first-order chi connectivity index (χ1) is 14.3. The minimum absolute atomic E-state index is 0.243. The van der Waals surface area contributed by atoms with Gasteiger partial charge in [-0.1, -0.05) is 30.4 Å². The standard InChI is InChI=1S/C22H20N6O/c1-15-6-5-9-18(25-15)22-21(16-10-11-20-23-14-24-28(20)12-16)26-19(27-22)13-29-17-7-3-2-4-8-17/h2-12,14-15,25H,13H2,1H3,(H,26,27). The zero-order valence-corrected chi connectivity index (χ0v) is 15.9. The SMILES string of the molecule is CC1C=CC=C(c2[nH]c(COc3ccccc3)nc2-c2ccc3ncnn3c2)N1. The summed E-state index contributed by atoms with van der Waals surface area (Å²) in [4.78, 5) is 12.5. The Bertz CT molecular complexity index is 1200. The van der Waals surface area contributed by atoms with Crippen molar-refractivity contribution in [2.24, 2.45) is 0 Å². The second kappa shape index (κ2) is 7.27. The number of aromatic nitrogens is 5. The minimum atomic E-state index is 0.243. The van der Waals surface area contributed by atoms with Gasteiger partial charge in [0.2, 0.25) is 0 Å². The van der Waals surface area contributed by atoms with E-state index in [-0.39, 0.29) is 6.04 Å². The number of hydrogen-bond acceptors (Lipinski definition) is 5. The lowest BCUT2D eigenvalue weighted by atomic mass is 10.1. The van der Waals surface area contributed by atoms with Gasteiger partial charge in [-0.05, 0) is 37.3 Å². The predicted octanol–water partition coefficient (Wildman–Crippen LogP) is 3.59. The molecule has 0 radical (unpaired) electrons.